The second-order valence-corrected chi connectivity index (χ2v) is 13.6. The van der Waals surface area contributed by atoms with E-state index >= 15 is 0 Å². The minimum atomic E-state index is 0.685. The van der Waals surface area contributed by atoms with E-state index in [-0.39, 0.29) is 0 Å². The summed E-state index contributed by atoms with van der Waals surface area (Å²) >= 11 is 24.9. The number of rotatable bonds is 15. The van der Waals surface area contributed by atoms with Crippen molar-refractivity contribution in [1.82, 2.24) is 0 Å². The van der Waals surface area contributed by atoms with E-state index in [9.17, 15) is 0 Å². The van der Waals surface area contributed by atoms with Crippen LogP contribution in [-0.4, -0.2) is 53.9 Å². The van der Waals surface area contributed by atoms with Crippen LogP contribution in [0, 0.1) is 0 Å². The molecule has 0 aliphatic rings. The van der Waals surface area contributed by atoms with Gasteiger partial charge in [-0.15, -0.1) is 23.5 Å². The molecule has 122 valence electrons. The molecule has 2 atom stereocenters. The molecule has 0 aromatic heterocycles. The van der Waals surface area contributed by atoms with Crippen LogP contribution in [0.2, 0.25) is 0 Å². The van der Waals surface area contributed by atoms with Gasteiger partial charge in [-0.05, 0) is 0 Å². The minimum absolute atomic E-state index is 0.685. The zero-order valence-electron chi connectivity index (χ0n) is 11.0. The summed E-state index contributed by atoms with van der Waals surface area (Å²) in [5.41, 5.74) is 0. The molecule has 0 fully saturated rings. The summed E-state index contributed by atoms with van der Waals surface area (Å²) in [5, 5.41) is 4.99. The molecule has 10 heteroatoms. The first-order chi connectivity index (χ1) is 9.78. The van der Waals surface area contributed by atoms with Gasteiger partial charge in [0.1, 0.15) is 0 Å². The molecule has 20 heavy (non-hydrogen) atoms. The first kappa shape index (κ1) is 23.5. The van der Waals surface area contributed by atoms with E-state index in [0.29, 0.717) is 10.5 Å². The van der Waals surface area contributed by atoms with Gasteiger partial charge in [-0.25, -0.2) is 0 Å². The Morgan fingerprint density at radius 3 is 1.25 bits per heavy atom. The molecule has 0 amide bonds. The van der Waals surface area contributed by atoms with Crippen LogP contribution in [0.25, 0.3) is 0 Å². The van der Waals surface area contributed by atoms with Crippen molar-refractivity contribution in [2.45, 2.75) is 10.5 Å². The zero-order valence-corrected chi connectivity index (χ0v) is 19.5. The molecule has 0 nitrogen and oxygen atoms in total. The monoisotopic (exact) mass is 462 g/mol. The number of thiol groups is 4. The van der Waals surface area contributed by atoms with Gasteiger partial charge in [-0.1, -0.05) is 21.6 Å². The first-order valence-corrected chi connectivity index (χ1v) is 15.3. The van der Waals surface area contributed by atoms with E-state index < -0.39 is 0 Å². The third-order valence-electron chi connectivity index (χ3n) is 2.00. The maximum atomic E-state index is 4.32. The normalized spacial score (nSPS) is 14.4. The van der Waals surface area contributed by atoms with Gasteiger partial charge in [0.15, 0.2) is 0 Å². The van der Waals surface area contributed by atoms with Crippen molar-refractivity contribution in [1.29, 1.82) is 0 Å². The Kier molecular flexibility index (Phi) is 22.1. The van der Waals surface area contributed by atoms with Crippen LogP contribution in [0.3, 0.4) is 0 Å². The van der Waals surface area contributed by atoms with Crippen LogP contribution in [0.5, 0.6) is 0 Å². The Balaban J connectivity index is 3.75. The highest BCUT2D eigenvalue weighted by molar-refractivity contribution is 8.76. The van der Waals surface area contributed by atoms with Gasteiger partial charge in [0, 0.05) is 53.9 Å². The molecule has 0 aliphatic heterocycles. The van der Waals surface area contributed by atoms with E-state index in [1.54, 1.807) is 0 Å². The van der Waals surface area contributed by atoms with E-state index in [1.165, 1.54) is 23.0 Å². The highest BCUT2D eigenvalue weighted by Crippen LogP contribution is 2.32. The van der Waals surface area contributed by atoms with Gasteiger partial charge in [-0.2, -0.15) is 74.0 Å². The topological polar surface area (TPSA) is 0 Å². The van der Waals surface area contributed by atoms with Gasteiger partial charge in [-0.3, -0.25) is 0 Å². The maximum absolute atomic E-state index is 4.32. The molecular formula is C10H22S10. The van der Waals surface area contributed by atoms with Gasteiger partial charge in [0.2, 0.25) is 0 Å². The highest BCUT2D eigenvalue weighted by Gasteiger charge is 2.12. The van der Waals surface area contributed by atoms with Gasteiger partial charge >= 0.3 is 0 Å². The quantitative estimate of drug-likeness (QED) is 0.108. The predicted octanol–water partition coefficient (Wildman–Crippen LogP) is 5.59. The lowest BCUT2D eigenvalue weighted by Gasteiger charge is -2.16. The number of thioether (sulfide) groups is 4. The lowest BCUT2D eigenvalue weighted by molar-refractivity contribution is 1.15. The number of hydrogen-bond acceptors (Lipinski definition) is 10. The number of hydrogen-bond donors (Lipinski definition) is 4. The molecule has 2 unspecified atom stereocenters. The van der Waals surface area contributed by atoms with E-state index in [1.807, 2.05) is 68.6 Å². The molecule has 0 saturated heterocycles. The van der Waals surface area contributed by atoms with E-state index in [2.05, 4.69) is 50.5 Å². The Morgan fingerprint density at radius 1 is 0.550 bits per heavy atom. The Morgan fingerprint density at radius 2 is 0.950 bits per heavy atom. The molecule has 0 saturated carbocycles. The van der Waals surface area contributed by atoms with Crippen LogP contribution in [0.4, 0.5) is 0 Å². The van der Waals surface area contributed by atoms with Crippen molar-refractivity contribution in [3.8, 4) is 0 Å². The first-order valence-electron chi connectivity index (χ1n) is 5.85. The van der Waals surface area contributed by atoms with Crippen LogP contribution in [-0.2, 0) is 0 Å². The third kappa shape index (κ3) is 15.1. The summed E-state index contributed by atoms with van der Waals surface area (Å²) in [6.07, 6.45) is 0. The molecule has 0 N–H and O–H groups in total. The molecular weight excluding hydrogens is 441 g/mol. The van der Waals surface area contributed by atoms with Gasteiger partial charge in [0.05, 0.1) is 0 Å². The summed E-state index contributed by atoms with van der Waals surface area (Å²) in [6, 6.07) is 0. The van der Waals surface area contributed by atoms with Crippen molar-refractivity contribution in [2.75, 3.05) is 43.4 Å². The van der Waals surface area contributed by atoms with Crippen LogP contribution in [0.15, 0.2) is 0 Å². The van der Waals surface area contributed by atoms with Gasteiger partial charge < -0.3 is 0 Å². The Hall–Kier alpha value is 3.50. The van der Waals surface area contributed by atoms with Crippen LogP contribution in [0.1, 0.15) is 0 Å². The van der Waals surface area contributed by atoms with Crippen LogP contribution < -0.4 is 0 Å². The minimum Gasteiger partial charge on any atom is -0.168 e. The Labute approximate surface area is 171 Å². The van der Waals surface area contributed by atoms with Crippen molar-refractivity contribution in [3.63, 3.8) is 0 Å². The fraction of sp³-hybridized carbons (Fsp3) is 1.00. The van der Waals surface area contributed by atoms with Crippen molar-refractivity contribution >= 4 is 119 Å². The summed E-state index contributed by atoms with van der Waals surface area (Å²) in [4.78, 5) is 0. The van der Waals surface area contributed by atoms with E-state index in [0.717, 1.165) is 20.3 Å². The summed E-state index contributed by atoms with van der Waals surface area (Å²) in [5.74, 6) is 4.72. The van der Waals surface area contributed by atoms with Crippen LogP contribution >= 0.6 is 119 Å². The third-order valence-corrected chi connectivity index (χ3v) is 10.9. The molecule has 0 rings (SSSR count). The molecule has 0 heterocycles. The van der Waals surface area contributed by atoms with Crippen molar-refractivity contribution < 1.29 is 0 Å². The molecule has 0 radical (unpaired) electrons. The van der Waals surface area contributed by atoms with Crippen molar-refractivity contribution in [2.24, 2.45) is 0 Å². The molecule has 0 aromatic rings. The molecule has 0 aromatic carbocycles. The molecule has 0 aliphatic carbocycles. The average Bonchev–Trinajstić information content (AvgIpc) is 2.46. The zero-order chi connectivity index (χ0) is 15.1. The predicted molar refractivity (Wildman–Crippen MR) is 128 cm³/mol. The van der Waals surface area contributed by atoms with Crippen molar-refractivity contribution in [3.05, 3.63) is 0 Å². The Bertz CT molecular complexity index is 173. The lowest BCUT2D eigenvalue weighted by Crippen LogP contribution is -2.11. The SMILES string of the molecule is SCSCC(CSSCC(CSCS)SCS)SCS. The summed E-state index contributed by atoms with van der Waals surface area (Å²) in [7, 11) is 3.99. The molecule has 0 spiro atoms. The second-order valence-electron chi connectivity index (χ2n) is 3.40. The lowest BCUT2D eigenvalue weighted by atomic mass is 10.5. The summed E-state index contributed by atoms with van der Waals surface area (Å²) in [6.45, 7) is 0. The highest BCUT2D eigenvalue weighted by atomic mass is 33.1. The van der Waals surface area contributed by atoms with E-state index in [4.69, 9.17) is 0 Å². The van der Waals surface area contributed by atoms with Gasteiger partial charge in [0.25, 0.3) is 0 Å². The molecule has 0 bridgehead atoms. The second kappa shape index (κ2) is 18.8. The maximum Gasteiger partial charge on any atom is 0.0365 e. The summed E-state index contributed by atoms with van der Waals surface area (Å²) < 4.78 is 0. The smallest absolute Gasteiger partial charge is 0.0365 e. The standard InChI is InChI=1S/C10H22S10/c11-5-15-1-9(17-7-13)3-19-20-4-10(18-8-14)2-16-6-12/h9-14H,1-8H2. The average molecular weight is 463 g/mol. The fourth-order valence-corrected chi connectivity index (χ4v) is 10.0. The largest absolute Gasteiger partial charge is 0.168 e. The fourth-order valence-electron chi connectivity index (χ4n) is 1.12.